The summed E-state index contributed by atoms with van der Waals surface area (Å²) in [4.78, 5) is 0. The minimum Gasteiger partial charge on any atom is -0.421 e. The number of alkyl halides is 6. The molecule has 18 heteroatoms. The smallest absolute Gasteiger partial charge is 0.421 e. The van der Waals surface area contributed by atoms with Crippen molar-refractivity contribution in [3.05, 3.63) is 34.2 Å². The van der Waals surface area contributed by atoms with Crippen LogP contribution in [0.1, 0.15) is 18.9 Å². The van der Waals surface area contributed by atoms with Crippen LogP contribution in [0.4, 0.5) is 26.3 Å². The molecule has 0 saturated carbocycles. The first-order chi connectivity index (χ1) is 14.9. The van der Waals surface area contributed by atoms with Crippen LogP contribution in [-0.4, -0.2) is 58.0 Å². The summed E-state index contributed by atoms with van der Waals surface area (Å²) in [7, 11) is -10.9. The van der Waals surface area contributed by atoms with Gasteiger partial charge in [0.2, 0.25) is 0 Å². The van der Waals surface area contributed by atoms with Crippen LogP contribution in [0.2, 0.25) is 6.04 Å². The fraction of sp³-hybridized carbons (Fsp3) is 0.667. The second-order valence-electron chi connectivity index (χ2n) is 6.11. The summed E-state index contributed by atoms with van der Waals surface area (Å²) >= 11 is 0. The van der Waals surface area contributed by atoms with Crippen molar-refractivity contribution in [2.45, 2.75) is 43.4 Å². The van der Waals surface area contributed by atoms with E-state index in [0.717, 1.165) is 29.6 Å². The molecule has 0 N–H and O–H groups in total. The van der Waals surface area contributed by atoms with Crippen LogP contribution in [0, 0.1) is 0 Å². The van der Waals surface area contributed by atoms with Gasteiger partial charge in [0.1, 0.15) is 6.54 Å². The summed E-state index contributed by atoms with van der Waals surface area (Å²) in [6.45, 7) is 3.12. The quantitative estimate of drug-likeness (QED) is 0.250. The molecule has 1 rings (SSSR count). The van der Waals surface area contributed by atoms with Crippen molar-refractivity contribution in [1.82, 2.24) is 0 Å². The van der Waals surface area contributed by atoms with Crippen molar-refractivity contribution in [2.24, 2.45) is 0 Å². The summed E-state index contributed by atoms with van der Waals surface area (Å²) in [6.07, 6.45) is 6.30. The number of sulfonamides is 2. The van der Waals surface area contributed by atoms with Gasteiger partial charge in [-0.25, -0.2) is 21.4 Å². The molecule has 0 spiro atoms. The van der Waals surface area contributed by atoms with Crippen molar-refractivity contribution in [1.29, 1.82) is 0 Å². The Bertz CT molecular complexity index is 885. The van der Waals surface area contributed by atoms with E-state index < -0.39 is 39.9 Å². The first-order valence-electron chi connectivity index (χ1n) is 8.90. The summed E-state index contributed by atoms with van der Waals surface area (Å²) in [5.74, 6) is 0. The summed E-state index contributed by atoms with van der Waals surface area (Å²) in [5, 5.41) is 0. The fourth-order valence-corrected chi connectivity index (χ4v) is 5.53. The van der Waals surface area contributed by atoms with Gasteiger partial charge >= 0.3 is 19.8 Å². The third kappa shape index (κ3) is 9.83. The van der Waals surface area contributed by atoms with Crippen molar-refractivity contribution >= 4 is 28.9 Å². The summed E-state index contributed by atoms with van der Waals surface area (Å²) < 4.78 is 128. The van der Waals surface area contributed by atoms with E-state index >= 15 is 0 Å². The summed E-state index contributed by atoms with van der Waals surface area (Å²) in [5.41, 5.74) is -11.0. The number of halogens is 6. The maximum Gasteiger partial charge on any atom is 0.500 e. The lowest BCUT2D eigenvalue weighted by atomic mass is 10.2. The van der Waals surface area contributed by atoms with E-state index in [9.17, 15) is 43.2 Å². The molecule has 0 radical (unpaired) electrons. The molecule has 0 unspecified atom stereocenters. The normalized spacial score (nSPS) is 13.4. The third-order valence-electron chi connectivity index (χ3n) is 3.98. The molecule has 0 amide bonds. The van der Waals surface area contributed by atoms with Crippen molar-refractivity contribution < 1.29 is 61.0 Å². The van der Waals surface area contributed by atoms with Crippen LogP contribution in [0.25, 0.3) is 4.13 Å². The first kappa shape index (κ1) is 31.7. The van der Waals surface area contributed by atoms with Gasteiger partial charge in [-0.15, -0.1) is 0 Å². The molecule has 9 nitrogen and oxygen atoms in total. The minimum atomic E-state index is -6.72. The molecule has 33 heavy (non-hydrogen) atoms. The Morgan fingerprint density at radius 2 is 1.27 bits per heavy atom. The van der Waals surface area contributed by atoms with Gasteiger partial charge in [-0.3, -0.25) is 0 Å². The average Bonchev–Trinajstić information content (AvgIpc) is 2.70. The molecule has 1 aromatic heterocycles. The van der Waals surface area contributed by atoms with Gasteiger partial charge < -0.3 is 17.4 Å². The van der Waals surface area contributed by atoms with E-state index in [4.69, 9.17) is 13.3 Å². The number of nitrogens with zero attached hydrogens (tertiary/aromatic N) is 2. The van der Waals surface area contributed by atoms with Gasteiger partial charge in [0.25, 0.3) is 0 Å². The number of rotatable bonds is 10. The highest BCUT2D eigenvalue weighted by Gasteiger charge is 2.47. The molecular formula is C15H24F6N2O7S2Si. The van der Waals surface area contributed by atoms with Gasteiger partial charge in [0, 0.05) is 45.9 Å². The predicted molar refractivity (Wildman–Crippen MR) is 106 cm³/mol. The molecule has 0 aromatic carbocycles. The van der Waals surface area contributed by atoms with E-state index in [2.05, 4.69) is 36.0 Å². The zero-order valence-electron chi connectivity index (χ0n) is 18.0. The van der Waals surface area contributed by atoms with Gasteiger partial charge in [-0.05, 0) is 12.0 Å². The average molecular weight is 551 g/mol. The predicted octanol–water partition coefficient (Wildman–Crippen LogP) is 2.86. The number of pyridine rings is 1. The second-order valence-corrected chi connectivity index (χ2v) is 12.6. The molecule has 0 aliphatic heterocycles. The van der Waals surface area contributed by atoms with E-state index in [1.54, 1.807) is 21.3 Å². The fourth-order valence-electron chi connectivity index (χ4n) is 2.12. The molecule has 1 aromatic rings. The zero-order valence-corrected chi connectivity index (χ0v) is 20.6. The second kappa shape index (κ2) is 12.4. The minimum absolute atomic E-state index is 0.778. The number of aryl methyl sites for hydroxylation is 2. The molecule has 0 aliphatic carbocycles. The lowest BCUT2D eigenvalue weighted by Crippen LogP contribution is -2.44. The van der Waals surface area contributed by atoms with E-state index in [1.807, 2.05) is 0 Å². The lowest BCUT2D eigenvalue weighted by molar-refractivity contribution is -0.697. The topological polar surface area (TPSA) is 114 Å². The molecular weight excluding hydrogens is 526 g/mol. The van der Waals surface area contributed by atoms with Gasteiger partial charge in [-0.2, -0.15) is 26.3 Å². The zero-order chi connectivity index (χ0) is 26.1. The SMILES string of the molecule is CCc1cc[n+](CCC[Si](OC)(OC)OC)cc1.O=S(=O)([N-]S(=O)(=O)C(F)(F)F)C(F)(F)F. The van der Waals surface area contributed by atoms with Gasteiger partial charge in [-0.1, -0.05) is 6.92 Å². The Hall–Kier alpha value is -1.31. The van der Waals surface area contributed by atoms with Gasteiger partial charge in [0.15, 0.2) is 32.4 Å². The standard InChI is InChI=1S/C13H24NO3Si.C2F6NO4S2/c1-5-13-7-10-14(11-8-13)9-6-12-18(15-2,16-3)17-4;3-1(4,5)14(10,11)9-15(12,13)2(6,7)8/h7-8,10-11H,5-6,9,12H2,1-4H3;/q+1;-1. The Balaban J connectivity index is 0.000000633. The van der Waals surface area contributed by atoms with Crippen LogP contribution in [0.15, 0.2) is 24.5 Å². The maximum absolute atomic E-state index is 11.4. The third-order valence-corrected chi connectivity index (χ3v) is 9.55. The van der Waals surface area contributed by atoms with Crippen molar-refractivity contribution in [3.8, 4) is 0 Å². The molecule has 194 valence electrons. The van der Waals surface area contributed by atoms with E-state index in [0.29, 0.717) is 0 Å². The highest BCUT2D eigenvalue weighted by atomic mass is 32.3. The Morgan fingerprint density at radius 1 is 0.879 bits per heavy atom. The number of aromatic nitrogens is 1. The highest BCUT2D eigenvalue weighted by molar-refractivity contribution is 8.13. The Kier molecular flexibility index (Phi) is 11.9. The van der Waals surface area contributed by atoms with Gasteiger partial charge in [0.05, 0.1) is 0 Å². The van der Waals surface area contributed by atoms with Crippen LogP contribution >= 0.6 is 0 Å². The number of hydrogen-bond donors (Lipinski definition) is 0. The van der Waals surface area contributed by atoms with Crippen LogP contribution in [-0.2, 0) is 46.3 Å². The Labute approximate surface area is 189 Å². The van der Waals surface area contributed by atoms with Crippen molar-refractivity contribution in [2.75, 3.05) is 21.3 Å². The number of hydrogen-bond acceptors (Lipinski definition) is 7. The van der Waals surface area contributed by atoms with E-state index in [-0.39, 0.29) is 0 Å². The Morgan fingerprint density at radius 3 is 1.58 bits per heavy atom. The van der Waals surface area contributed by atoms with Crippen LogP contribution < -0.4 is 4.57 Å². The maximum atomic E-state index is 11.4. The molecule has 0 aliphatic rings. The highest BCUT2D eigenvalue weighted by Crippen LogP contribution is 2.36. The van der Waals surface area contributed by atoms with Crippen LogP contribution in [0.5, 0.6) is 0 Å². The molecule has 0 fully saturated rings. The lowest BCUT2D eigenvalue weighted by Gasteiger charge is -2.23. The molecule has 0 saturated heterocycles. The van der Waals surface area contributed by atoms with Crippen molar-refractivity contribution in [3.63, 3.8) is 0 Å². The largest absolute Gasteiger partial charge is 0.500 e. The summed E-state index contributed by atoms with van der Waals surface area (Å²) in [6, 6.07) is 5.15. The first-order valence-corrected chi connectivity index (χ1v) is 13.7. The molecule has 1 heterocycles. The monoisotopic (exact) mass is 550 g/mol. The molecule has 0 bridgehead atoms. The molecule has 0 atom stereocenters. The van der Waals surface area contributed by atoms with E-state index in [1.165, 1.54) is 5.56 Å². The van der Waals surface area contributed by atoms with Crippen LogP contribution in [0.3, 0.4) is 0 Å².